The zero-order valence-electron chi connectivity index (χ0n) is 12.4. The van der Waals surface area contributed by atoms with Gasteiger partial charge in [-0.2, -0.15) is 0 Å². The highest BCUT2D eigenvalue weighted by molar-refractivity contribution is 6.06. The average Bonchev–Trinajstić information content (AvgIpc) is 3.13. The summed E-state index contributed by atoms with van der Waals surface area (Å²) < 4.78 is 0. The van der Waals surface area contributed by atoms with Crippen molar-refractivity contribution in [3.8, 4) is 0 Å². The molecule has 4 rings (SSSR count). The number of likely N-dealkylation sites (N-methyl/N-ethyl adjacent to an activating group) is 1. The first-order chi connectivity index (χ1) is 10.7. The Morgan fingerprint density at radius 3 is 3.00 bits per heavy atom. The second kappa shape index (κ2) is 4.91. The molecule has 0 unspecified atom stereocenters. The number of H-pyrrole nitrogens is 1. The van der Waals surface area contributed by atoms with E-state index in [4.69, 9.17) is 0 Å². The van der Waals surface area contributed by atoms with Gasteiger partial charge in [-0.05, 0) is 54.4 Å². The van der Waals surface area contributed by atoms with Crippen molar-refractivity contribution < 1.29 is 4.79 Å². The molecular weight excluding hydrogens is 274 g/mol. The highest BCUT2D eigenvalue weighted by Gasteiger charge is 2.16. The molecule has 2 heterocycles. The van der Waals surface area contributed by atoms with E-state index >= 15 is 0 Å². The van der Waals surface area contributed by atoms with Crippen LogP contribution in [0.25, 0.3) is 10.9 Å². The number of fused-ring (bicyclic) bond motifs is 2. The van der Waals surface area contributed by atoms with Crippen LogP contribution in [0.2, 0.25) is 0 Å². The van der Waals surface area contributed by atoms with Gasteiger partial charge in [0.15, 0.2) is 0 Å². The Bertz CT molecular complexity index is 866. The van der Waals surface area contributed by atoms with Crippen molar-refractivity contribution in [1.82, 2.24) is 4.98 Å². The lowest BCUT2D eigenvalue weighted by atomic mass is 10.1. The number of amides is 1. The molecule has 4 nitrogen and oxygen atoms in total. The first-order valence-electron chi connectivity index (χ1n) is 7.43. The summed E-state index contributed by atoms with van der Waals surface area (Å²) in [5.74, 6) is -0.0746. The molecule has 0 saturated carbocycles. The van der Waals surface area contributed by atoms with E-state index in [1.165, 1.54) is 11.3 Å². The predicted octanol–water partition coefficient (Wildman–Crippen LogP) is 3.41. The van der Waals surface area contributed by atoms with Crippen molar-refractivity contribution >= 4 is 28.2 Å². The summed E-state index contributed by atoms with van der Waals surface area (Å²) in [7, 11) is 2.09. The third-order valence-corrected chi connectivity index (χ3v) is 4.28. The molecule has 3 aromatic rings. The van der Waals surface area contributed by atoms with Crippen LogP contribution in [0.4, 0.5) is 11.4 Å². The number of benzene rings is 2. The van der Waals surface area contributed by atoms with E-state index in [-0.39, 0.29) is 5.91 Å². The molecule has 0 atom stereocenters. The molecule has 22 heavy (non-hydrogen) atoms. The van der Waals surface area contributed by atoms with Crippen LogP contribution in [-0.4, -0.2) is 24.5 Å². The summed E-state index contributed by atoms with van der Waals surface area (Å²) in [4.78, 5) is 17.8. The van der Waals surface area contributed by atoms with Gasteiger partial charge in [0, 0.05) is 47.6 Å². The number of nitrogens with zero attached hydrogens (tertiary/aromatic N) is 1. The van der Waals surface area contributed by atoms with E-state index in [2.05, 4.69) is 34.4 Å². The number of carbonyl (C=O) groups excluding carboxylic acids is 1. The molecule has 0 spiro atoms. The number of aromatic nitrogens is 1. The smallest absolute Gasteiger partial charge is 0.255 e. The van der Waals surface area contributed by atoms with E-state index in [0.717, 1.165) is 29.6 Å². The Morgan fingerprint density at radius 1 is 1.18 bits per heavy atom. The SMILES string of the molecule is CN1CCc2cc(NC(=O)c3ccc4[nH]ccc4c3)ccc21. The molecule has 1 aromatic heterocycles. The quantitative estimate of drug-likeness (QED) is 0.760. The first kappa shape index (κ1) is 13.0. The monoisotopic (exact) mass is 291 g/mol. The average molecular weight is 291 g/mol. The second-order valence-electron chi connectivity index (χ2n) is 5.75. The van der Waals surface area contributed by atoms with Crippen LogP contribution < -0.4 is 10.2 Å². The summed E-state index contributed by atoms with van der Waals surface area (Å²) >= 11 is 0. The molecule has 2 N–H and O–H groups in total. The van der Waals surface area contributed by atoms with Crippen molar-refractivity contribution in [3.05, 3.63) is 59.8 Å². The van der Waals surface area contributed by atoms with Crippen LogP contribution in [0.3, 0.4) is 0 Å². The van der Waals surface area contributed by atoms with Crippen LogP contribution in [0.1, 0.15) is 15.9 Å². The summed E-state index contributed by atoms with van der Waals surface area (Å²) in [6, 6.07) is 13.8. The van der Waals surface area contributed by atoms with Crippen LogP contribution in [0.15, 0.2) is 48.7 Å². The molecule has 0 bridgehead atoms. The summed E-state index contributed by atoms with van der Waals surface area (Å²) in [5, 5.41) is 4.04. The molecule has 1 amide bonds. The number of aromatic amines is 1. The molecule has 1 aliphatic rings. The maximum atomic E-state index is 12.4. The standard InChI is InChI=1S/C18H17N3O/c1-21-9-7-13-11-15(3-5-17(13)21)20-18(22)14-2-4-16-12(10-14)6-8-19-16/h2-6,8,10-11,19H,7,9H2,1H3,(H,20,22). The maximum Gasteiger partial charge on any atom is 0.255 e. The normalized spacial score (nSPS) is 13.4. The van der Waals surface area contributed by atoms with E-state index in [1.807, 2.05) is 36.5 Å². The topological polar surface area (TPSA) is 48.1 Å². The van der Waals surface area contributed by atoms with E-state index in [9.17, 15) is 4.79 Å². The fourth-order valence-corrected chi connectivity index (χ4v) is 3.04. The summed E-state index contributed by atoms with van der Waals surface area (Å²) in [6.45, 7) is 1.04. The van der Waals surface area contributed by atoms with E-state index in [1.54, 1.807) is 0 Å². The van der Waals surface area contributed by atoms with Gasteiger partial charge in [0.25, 0.3) is 5.91 Å². The van der Waals surface area contributed by atoms with Crippen molar-refractivity contribution in [2.75, 3.05) is 23.8 Å². The van der Waals surface area contributed by atoms with Crippen LogP contribution in [-0.2, 0) is 6.42 Å². The number of hydrogen-bond acceptors (Lipinski definition) is 2. The number of hydrogen-bond donors (Lipinski definition) is 2. The van der Waals surface area contributed by atoms with Crippen molar-refractivity contribution in [2.24, 2.45) is 0 Å². The number of carbonyl (C=O) groups is 1. The van der Waals surface area contributed by atoms with Gasteiger partial charge in [-0.15, -0.1) is 0 Å². The third-order valence-electron chi connectivity index (χ3n) is 4.28. The van der Waals surface area contributed by atoms with Crippen LogP contribution >= 0.6 is 0 Å². The lowest BCUT2D eigenvalue weighted by Crippen LogP contribution is -2.13. The number of nitrogens with one attached hydrogen (secondary N) is 2. The fraction of sp³-hybridized carbons (Fsp3) is 0.167. The second-order valence-corrected chi connectivity index (χ2v) is 5.75. The van der Waals surface area contributed by atoms with Gasteiger partial charge >= 0.3 is 0 Å². The lowest BCUT2D eigenvalue weighted by molar-refractivity contribution is 0.102. The van der Waals surface area contributed by atoms with Crippen molar-refractivity contribution in [1.29, 1.82) is 0 Å². The first-order valence-corrected chi connectivity index (χ1v) is 7.43. The minimum Gasteiger partial charge on any atom is -0.374 e. The summed E-state index contributed by atoms with van der Waals surface area (Å²) in [6.07, 6.45) is 2.91. The minimum absolute atomic E-state index is 0.0746. The number of rotatable bonds is 2. The van der Waals surface area contributed by atoms with E-state index < -0.39 is 0 Å². The summed E-state index contributed by atoms with van der Waals surface area (Å²) in [5.41, 5.74) is 5.11. The predicted molar refractivity (Wildman–Crippen MR) is 89.7 cm³/mol. The van der Waals surface area contributed by atoms with Gasteiger partial charge < -0.3 is 15.2 Å². The van der Waals surface area contributed by atoms with Crippen molar-refractivity contribution in [3.63, 3.8) is 0 Å². The van der Waals surface area contributed by atoms with Gasteiger partial charge in [0.05, 0.1) is 0 Å². The van der Waals surface area contributed by atoms with Gasteiger partial charge in [0.2, 0.25) is 0 Å². The molecule has 2 aromatic carbocycles. The van der Waals surface area contributed by atoms with Crippen LogP contribution in [0.5, 0.6) is 0 Å². The highest BCUT2D eigenvalue weighted by Crippen LogP contribution is 2.29. The maximum absolute atomic E-state index is 12.4. The van der Waals surface area contributed by atoms with Gasteiger partial charge in [-0.3, -0.25) is 4.79 Å². The third kappa shape index (κ3) is 2.13. The highest BCUT2D eigenvalue weighted by atomic mass is 16.1. The molecule has 110 valence electrons. The Kier molecular flexibility index (Phi) is 2.89. The molecule has 1 aliphatic heterocycles. The molecule has 0 saturated heterocycles. The largest absolute Gasteiger partial charge is 0.374 e. The number of anilines is 2. The molecule has 0 aliphatic carbocycles. The van der Waals surface area contributed by atoms with E-state index in [0.29, 0.717) is 5.56 Å². The van der Waals surface area contributed by atoms with Crippen LogP contribution in [0, 0.1) is 0 Å². The molecule has 0 fully saturated rings. The Balaban J connectivity index is 1.59. The molecule has 0 radical (unpaired) electrons. The Hall–Kier alpha value is -2.75. The zero-order valence-corrected chi connectivity index (χ0v) is 12.4. The molecular formula is C18H17N3O. The van der Waals surface area contributed by atoms with Crippen molar-refractivity contribution in [2.45, 2.75) is 6.42 Å². The van der Waals surface area contributed by atoms with Gasteiger partial charge in [-0.25, -0.2) is 0 Å². The van der Waals surface area contributed by atoms with Gasteiger partial charge in [-0.1, -0.05) is 0 Å². The van der Waals surface area contributed by atoms with Gasteiger partial charge in [0.1, 0.15) is 0 Å². The zero-order chi connectivity index (χ0) is 15.1. The lowest BCUT2D eigenvalue weighted by Gasteiger charge is -2.12. The fourth-order valence-electron chi connectivity index (χ4n) is 3.04. The molecule has 4 heteroatoms. The Labute approximate surface area is 128 Å². The Morgan fingerprint density at radius 2 is 2.09 bits per heavy atom. The minimum atomic E-state index is -0.0746.